The maximum absolute atomic E-state index is 10.5. The molecule has 2 aromatic carbocycles. The molecule has 0 aliphatic carbocycles. The Labute approximate surface area is 163 Å². The molecule has 0 aliphatic heterocycles. The van der Waals surface area contributed by atoms with Gasteiger partial charge in [-0.05, 0) is 38.1 Å². The van der Waals surface area contributed by atoms with Gasteiger partial charge in [-0.25, -0.2) is 0 Å². The smallest absolute Gasteiger partial charge is 0.308 e. The van der Waals surface area contributed by atoms with Crippen LogP contribution in [0.2, 0.25) is 0 Å². The van der Waals surface area contributed by atoms with E-state index in [2.05, 4.69) is 4.74 Å². The molecule has 0 atom stereocenters. The number of hydrogen-bond acceptors (Lipinski definition) is 8. The van der Waals surface area contributed by atoms with Gasteiger partial charge in [-0.15, -0.1) is 0 Å². The number of nitro benzene ring substituents is 2. The van der Waals surface area contributed by atoms with Crippen molar-refractivity contribution in [1.82, 2.24) is 0 Å². The lowest BCUT2D eigenvalue weighted by Gasteiger charge is -1.98. The van der Waals surface area contributed by atoms with E-state index in [1.54, 1.807) is 0 Å². The summed E-state index contributed by atoms with van der Waals surface area (Å²) in [6, 6.07) is 10.3. The number of phenolic OH excluding ortho intramolecular Hbond substituents is 1. The third-order valence-corrected chi connectivity index (χ3v) is 2.37. The van der Waals surface area contributed by atoms with Gasteiger partial charge in [0, 0.05) is 32.6 Å². The number of Topliss-reactive ketones (excluding diaryl/α,β-unsaturated/α-hetero) is 1. The van der Waals surface area contributed by atoms with Gasteiger partial charge in [-0.2, -0.15) is 0 Å². The van der Waals surface area contributed by atoms with Gasteiger partial charge >= 0.3 is 5.97 Å². The van der Waals surface area contributed by atoms with Crippen LogP contribution in [0.3, 0.4) is 0 Å². The van der Waals surface area contributed by atoms with Crippen molar-refractivity contribution >= 4 is 23.1 Å². The second kappa shape index (κ2) is 13.4. The highest BCUT2D eigenvalue weighted by atomic mass is 16.6. The quantitative estimate of drug-likeness (QED) is 0.349. The van der Waals surface area contributed by atoms with Crippen LogP contribution in [0.1, 0.15) is 29.6 Å². The predicted octanol–water partition coefficient (Wildman–Crippen LogP) is 4.30. The van der Waals surface area contributed by atoms with Gasteiger partial charge in [0.05, 0.1) is 9.85 Å². The molecule has 0 aromatic heterocycles. The van der Waals surface area contributed by atoms with E-state index in [1.807, 2.05) is 0 Å². The Balaban J connectivity index is -0.000000379. The fraction of sp³-hybridized carbons (Fsp3) is 0.222. The second-order valence-electron chi connectivity index (χ2n) is 5.03. The summed E-state index contributed by atoms with van der Waals surface area (Å²) in [6.07, 6.45) is 0. The number of ketones is 1. The number of ether oxygens (including phenoxy) is 1. The summed E-state index contributed by atoms with van der Waals surface area (Å²) in [6.45, 7) is 4.32. The van der Waals surface area contributed by atoms with Crippen molar-refractivity contribution in [2.75, 3.05) is 0 Å². The molecule has 0 spiro atoms. The van der Waals surface area contributed by atoms with E-state index in [-0.39, 0.29) is 31.8 Å². The van der Waals surface area contributed by atoms with E-state index in [1.165, 1.54) is 69.3 Å². The van der Waals surface area contributed by atoms with Crippen molar-refractivity contribution in [2.24, 2.45) is 0 Å². The molecule has 2 aromatic rings. The zero-order chi connectivity index (χ0) is 21.0. The average molecular weight is 396 g/mol. The first-order chi connectivity index (χ1) is 12.5. The number of hydrogen-bond donors (Lipinski definition) is 1. The van der Waals surface area contributed by atoms with Gasteiger partial charge < -0.3 is 14.6 Å². The summed E-state index contributed by atoms with van der Waals surface area (Å²) < 4.78 is 4.69. The average Bonchev–Trinajstić information content (AvgIpc) is 2.55. The molecule has 0 unspecified atom stereocenters. The Morgan fingerprint density at radius 3 is 1.46 bits per heavy atom. The third-order valence-electron chi connectivity index (χ3n) is 2.37. The first-order valence-electron chi connectivity index (χ1n) is 7.36. The number of benzene rings is 2. The van der Waals surface area contributed by atoms with Crippen molar-refractivity contribution in [3.05, 3.63) is 68.8 Å². The highest BCUT2D eigenvalue weighted by Crippen LogP contribution is 2.17. The number of rotatable bonds is 3. The van der Waals surface area contributed by atoms with Crippen molar-refractivity contribution in [2.45, 2.75) is 28.2 Å². The zero-order valence-corrected chi connectivity index (χ0v) is 14.8. The molecule has 1 N–H and O–H groups in total. The van der Waals surface area contributed by atoms with Gasteiger partial charge in [-0.3, -0.25) is 25.0 Å². The monoisotopic (exact) mass is 396 g/mol. The lowest BCUT2D eigenvalue weighted by atomic mass is 10.3. The number of phenols is 1. The SMILES string of the molecule is C.CC(=O)Oc1ccc([N+](=O)[O-])cc1.CC(C)=O.O=[N+]([O-])c1ccc(O)cc1.[HH]. The minimum atomic E-state index is -0.516. The zero-order valence-electron chi connectivity index (χ0n) is 14.8. The molecular weight excluding hydrogens is 372 g/mol. The topological polar surface area (TPSA) is 150 Å². The van der Waals surface area contributed by atoms with Gasteiger partial charge in [0.25, 0.3) is 11.4 Å². The normalized spacial score (nSPS) is 8.54. The Kier molecular flexibility index (Phi) is 12.6. The standard InChI is InChI=1S/C8H7NO4.C6H5NO3.C3H6O.CH4.H2/c1-6(10)13-8-4-2-7(3-5-8)9(11)12;8-6-3-1-5(2-4-6)7(9)10;1-3(2)4;;/h2-5H,1H3;1-4,8H;1-2H3;1H4;1H. The number of carbonyl (C=O) groups excluding carboxylic acids is 2. The van der Waals surface area contributed by atoms with Crippen LogP contribution in [0.5, 0.6) is 11.5 Å². The summed E-state index contributed by atoms with van der Waals surface area (Å²) in [5.41, 5.74) is -0.0475. The fourth-order valence-electron chi connectivity index (χ4n) is 1.38. The third kappa shape index (κ3) is 12.5. The van der Waals surface area contributed by atoms with Gasteiger partial charge in [-0.1, -0.05) is 7.43 Å². The number of non-ortho nitro benzene ring substituents is 2. The van der Waals surface area contributed by atoms with Gasteiger partial charge in [0.2, 0.25) is 0 Å². The molecule has 0 saturated carbocycles. The lowest BCUT2D eigenvalue weighted by Crippen LogP contribution is -2.01. The van der Waals surface area contributed by atoms with E-state index in [0.29, 0.717) is 5.75 Å². The summed E-state index contributed by atoms with van der Waals surface area (Å²) in [7, 11) is 0. The van der Waals surface area contributed by atoms with Crippen LogP contribution in [0.4, 0.5) is 11.4 Å². The van der Waals surface area contributed by atoms with Gasteiger partial charge in [0.15, 0.2) is 0 Å². The number of nitro groups is 2. The Bertz CT molecular complexity index is 789. The Hall–Kier alpha value is -3.82. The van der Waals surface area contributed by atoms with Crippen molar-refractivity contribution < 1.29 is 30.7 Å². The molecule has 0 amide bonds. The molecule has 2 rings (SSSR count). The van der Waals surface area contributed by atoms with E-state index < -0.39 is 15.8 Å². The minimum absolute atomic E-state index is 0. The summed E-state index contributed by atoms with van der Waals surface area (Å²) in [4.78, 5) is 39.2. The molecule has 154 valence electrons. The van der Waals surface area contributed by atoms with E-state index in [4.69, 9.17) is 5.11 Å². The van der Waals surface area contributed by atoms with Crippen molar-refractivity contribution in [1.29, 1.82) is 0 Å². The van der Waals surface area contributed by atoms with E-state index in [9.17, 15) is 29.8 Å². The number of carbonyl (C=O) groups is 2. The first-order valence-corrected chi connectivity index (χ1v) is 7.36. The number of aromatic hydroxyl groups is 1. The maximum atomic E-state index is 10.5. The number of nitrogens with zero attached hydrogens (tertiary/aromatic N) is 2. The molecule has 10 nitrogen and oxygen atoms in total. The summed E-state index contributed by atoms with van der Waals surface area (Å²) in [5.74, 6) is 0.0533. The molecule has 0 fully saturated rings. The van der Waals surface area contributed by atoms with Crippen LogP contribution < -0.4 is 4.74 Å². The number of esters is 1. The summed E-state index contributed by atoms with van der Waals surface area (Å²) in [5, 5.41) is 29.0. The van der Waals surface area contributed by atoms with Crippen LogP contribution in [-0.2, 0) is 9.59 Å². The largest absolute Gasteiger partial charge is 0.508 e. The lowest BCUT2D eigenvalue weighted by molar-refractivity contribution is -0.385. The molecule has 0 saturated heterocycles. The van der Waals surface area contributed by atoms with Crippen molar-refractivity contribution in [3.63, 3.8) is 0 Å². The highest BCUT2D eigenvalue weighted by molar-refractivity contribution is 5.72. The predicted molar refractivity (Wildman–Crippen MR) is 104 cm³/mol. The Morgan fingerprint density at radius 1 is 0.857 bits per heavy atom. The van der Waals surface area contributed by atoms with Crippen LogP contribution in [0, 0.1) is 20.2 Å². The van der Waals surface area contributed by atoms with Crippen LogP contribution in [-0.4, -0.2) is 26.7 Å². The van der Waals surface area contributed by atoms with Crippen molar-refractivity contribution in [3.8, 4) is 11.5 Å². The van der Waals surface area contributed by atoms with Crippen LogP contribution in [0.25, 0.3) is 0 Å². The molecule has 0 bridgehead atoms. The van der Waals surface area contributed by atoms with Crippen LogP contribution >= 0.6 is 0 Å². The fourth-order valence-corrected chi connectivity index (χ4v) is 1.38. The molecule has 10 heteroatoms. The Morgan fingerprint density at radius 2 is 1.18 bits per heavy atom. The summed E-state index contributed by atoms with van der Waals surface area (Å²) >= 11 is 0. The first kappa shape index (κ1) is 26.4. The molecule has 0 aliphatic rings. The molecule has 28 heavy (non-hydrogen) atoms. The van der Waals surface area contributed by atoms with E-state index >= 15 is 0 Å². The highest BCUT2D eigenvalue weighted by Gasteiger charge is 2.05. The molecule has 0 radical (unpaired) electrons. The molecule has 0 heterocycles. The second-order valence-corrected chi connectivity index (χ2v) is 5.03. The van der Waals surface area contributed by atoms with Crippen LogP contribution in [0.15, 0.2) is 48.5 Å². The maximum Gasteiger partial charge on any atom is 0.308 e. The molecular formula is C18H24N2O8. The minimum Gasteiger partial charge on any atom is -0.508 e. The van der Waals surface area contributed by atoms with Gasteiger partial charge in [0.1, 0.15) is 17.3 Å². The van der Waals surface area contributed by atoms with E-state index in [0.717, 1.165) is 0 Å².